The van der Waals surface area contributed by atoms with Gasteiger partial charge in [0.15, 0.2) is 0 Å². The van der Waals surface area contributed by atoms with Gasteiger partial charge in [-0.3, -0.25) is 19.6 Å². The van der Waals surface area contributed by atoms with Crippen LogP contribution in [0.1, 0.15) is 28.2 Å². The van der Waals surface area contributed by atoms with E-state index in [1.807, 2.05) is 30.3 Å². The van der Waals surface area contributed by atoms with Crippen LogP contribution in [-0.4, -0.2) is 40.4 Å². The Kier molecular flexibility index (Phi) is 7.23. The SMILES string of the molecule is O=C(NC1(c2ccc(OC(F)(F)F)cc2)CCOc2cccnc21)c1nccc2ccccc12.O=CO. The number of carbonyl (C=O) groups excluding carboxylic acids is 1. The highest BCUT2D eigenvalue weighted by Crippen LogP contribution is 2.41. The minimum Gasteiger partial charge on any atom is -0.491 e. The van der Waals surface area contributed by atoms with Gasteiger partial charge in [0.25, 0.3) is 12.4 Å². The number of hydrogen-bond acceptors (Lipinski definition) is 6. The van der Waals surface area contributed by atoms with Crippen molar-refractivity contribution in [1.29, 1.82) is 0 Å². The van der Waals surface area contributed by atoms with Crippen LogP contribution in [0.3, 0.4) is 0 Å². The molecule has 1 aliphatic heterocycles. The van der Waals surface area contributed by atoms with Gasteiger partial charge in [-0.05, 0) is 41.3 Å². The first kappa shape index (κ1) is 25.4. The number of rotatable bonds is 4. The van der Waals surface area contributed by atoms with Gasteiger partial charge in [-0.2, -0.15) is 0 Å². The molecule has 11 heteroatoms. The fourth-order valence-corrected chi connectivity index (χ4v) is 4.23. The molecule has 3 heterocycles. The van der Waals surface area contributed by atoms with E-state index in [-0.39, 0.29) is 24.5 Å². The van der Waals surface area contributed by atoms with Crippen LogP contribution in [0.15, 0.2) is 79.1 Å². The molecule has 0 radical (unpaired) electrons. The number of carboxylic acid groups (broad SMARTS) is 1. The number of carbonyl (C=O) groups is 2. The van der Waals surface area contributed by atoms with E-state index in [9.17, 15) is 18.0 Å². The van der Waals surface area contributed by atoms with E-state index < -0.39 is 17.8 Å². The number of nitrogens with zero attached hydrogens (tertiary/aromatic N) is 2. The summed E-state index contributed by atoms with van der Waals surface area (Å²) in [6.07, 6.45) is -1.36. The number of hydrogen-bond donors (Lipinski definition) is 2. The molecular weight excluding hydrogens is 491 g/mol. The van der Waals surface area contributed by atoms with Crippen molar-refractivity contribution < 1.29 is 37.3 Å². The van der Waals surface area contributed by atoms with Gasteiger partial charge in [-0.25, -0.2) is 0 Å². The molecule has 2 aromatic carbocycles. The first-order valence-electron chi connectivity index (χ1n) is 11.0. The number of amides is 1. The first-order chi connectivity index (χ1) is 17.8. The topological polar surface area (TPSA) is 111 Å². The van der Waals surface area contributed by atoms with Crippen molar-refractivity contribution in [1.82, 2.24) is 15.3 Å². The standard InChI is InChI=1S/C25H18F3N3O3.CH2O2/c26-25(27,28)34-18-9-7-17(8-10-18)24(12-15-33-20-6-3-13-30-22(20)24)31-23(32)21-19-5-2-1-4-16(19)11-14-29-21;2-1-3/h1-11,13-14H,12,15H2,(H,31,32);1H,(H,2,3). The van der Waals surface area contributed by atoms with Crippen molar-refractivity contribution in [2.24, 2.45) is 0 Å². The normalized spacial score (nSPS) is 16.4. The Morgan fingerprint density at radius 3 is 2.49 bits per heavy atom. The van der Waals surface area contributed by atoms with Gasteiger partial charge < -0.3 is 19.9 Å². The van der Waals surface area contributed by atoms with Gasteiger partial charge in [0.2, 0.25) is 0 Å². The number of pyridine rings is 2. The van der Waals surface area contributed by atoms with E-state index in [1.54, 1.807) is 24.5 Å². The molecule has 0 spiro atoms. The molecule has 1 atom stereocenters. The van der Waals surface area contributed by atoms with Crippen molar-refractivity contribution in [3.63, 3.8) is 0 Å². The summed E-state index contributed by atoms with van der Waals surface area (Å²) in [5, 5.41) is 11.5. The van der Waals surface area contributed by atoms with Crippen molar-refractivity contribution >= 4 is 23.2 Å². The molecule has 5 rings (SSSR count). The molecular formula is C26H20F3N3O5. The molecule has 0 saturated heterocycles. The largest absolute Gasteiger partial charge is 0.573 e. The van der Waals surface area contributed by atoms with Gasteiger partial charge in [-0.1, -0.05) is 36.4 Å². The van der Waals surface area contributed by atoms with E-state index in [0.717, 1.165) is 5.39 Å². The minimum absolute atomic E-state index is 0.235. The Morgan fingerprint density at radius 1 is 1.03 bits per heavy atom. The monoisotopic (exact) mass is 511 g/mol. The van der Waals surface area contributed by atoms with E-state index in [2.05, 4.69) is 20.0 Å². The number of fused-ring (bicyclic) bond motifs is 2. The van der Waals surface area contributed by atoms with Crippen LogP contribution in [0.25, 0.3) is 10.8 Å². The quantitative estimate of drug-likeness (QED) is 0.383. The summed E-state index contributed by atoms with van der Waals surface area (Å²) < 4.78 is 47.7. The number of ether oxygens (including phenoxy) is 2. The molecule has 0 fully saturated rings. The Morgan fingerprint density at radius 2 is 1.76 bits per heavy atom. The molecule has 37 heavy (non-hydrogen) atoms. The predicted molar refractivity (Wildman–Crippen MR) is 126 cm³/mol. The minimum atomic E-state index is -4.81. The molecule has 1 amide bonds. The van der Waals surface area contributed by atoms with Gasteiger partial charge in [-0.15, -0.1) is 13.2 Å². The van der Waals surface area contributed by atoms with Crippen LogP contribution in [0.2, 0.25) is 0 Å². The maximum atomic E-state index is 13.6. The van der Waals surface area contributed by atoms with E-state index >= 15 is 0 Å². The van der Waals surface area contributed by atoms with Crippen molar-refractivity contribution in [2.45, 2.75) is 18.3 Å². The third-order valence-electron chi connectivity index (χ3n) is 5.71. The summed E-state index contributed by atoms with van der Waals surface area (Å²) in [5.74, 6) is -0.316. The van der Waals surface area contributed by atoms with E-state index in [4.69, 9.17) is 14.6 Å². The summed E-state index contributed by atoms with van der Waals surface area (Å²) in [7, 11) is 0. The zero-order valence-corrected chi connectivity index (χ0v) is 19.1. The van der Waals surface area contributed by atoms with Crippen molar-refractivity contribution in [3.8, 4) is 11.5 Å². The molecule has 0 aliphatic carbocycles. The highest BCUT2D eigenvalue weighted by Gasteiger charge is 2.43. The van der Waals surface area contributed by atoms with E-state index in [1.165, 1.54) is 24.3 Å². The Labute approximate surface area is 208 Å². The third kappa shape index (κ3) is 5.45. The molecule has 2 aromatic heterocycles. The Bertz CT molecular complexity index is 1410. The van der Waals surface area contributed by atoms with Crippen LogP contribution in [0.5, 0.6) is 11.5 Å². The highest BCUT2D eigenvalue weighted by molar-refractivity contribution is 6.05. The summed E-state index contributed by atoms with van der Waals surface area (Å²) in [4.78, 5) is 30.7. The van der Waals surface area contributed by atoms with Crippen LogP contribution in [0.4, 0.5) is 13.2 Å². The Hall–Kier alpha value is -4.67. The molecule has 0 saturated carbocycles. The smallest absolute Gasteiger partial charge is 0.491 e. The molecule has 0 bridgehead atoms. The van der Waals surface area contributed by atoms with Gasteiger partial charge in [0, 0.05) is 24.2 Å². The number of aromatic nitrogens is 2. The van der Waals surface area contributed by atoms with Gasteiger partial charge >= 0.3 is 6.36 Å². The van der Waals surface area contributed by atoms with Gasteiger partial charge in [0.05, 0.1) is 6.61 Å². The lowest BCUT2D eigenvalue weighted by Gasteiger charge is -2.39. The molecule has 1 unspecified atom stereocenters. The van der Waals surface area contributed by atoms with Crippen molar-refractivity contribution in [2.75, 3.05) is 6.61 Å². The predicted octanol–water partition coefficient (Wildman–Crippen LogP) is 4.69. The Balaban J connectivity index is 0.00000102. The zero-order chi connectivity index (χ0) is 26.5. The maximum Gasteiger partial charge on any atom is 0.573 e. The zero-order valence-electron chi connectivity index (χ0n) is 19.1. The molecule has 190 valence electrons. The molecule has 8 nitrogen and oxygen atoms in total. The third-order valence-corrected chi connectivity index (χ3v) is 5.71. The average Bonchev–Trinajstić information content (AvgIpc) is 2.88. The van der Waals surface area contributed by atoms with Crippen LogP contribution in [0, 0.1) is 0 Å². The number of benzene rings is 2. The van der Waals surface area contributed by atoms with Crippen molar-refractivity contribution in [3.05, 3.63) is 96.1 Å². The van der Waals surface area contributed by atoms with Crippen LogP contribution in [-0.2, 0) is 10.3 Å². The van der Waals surface area contributed by atoms with Crippen LogP contribution >= 0.6 is 0 Å². The lowest BCUT2D eigenvalue weighted by molar-refractivity contribution is -0.274. The van der Waals surface area contributed by atoms with Gasteiger partial charge in [0.1, 0.15) is 28.4 Å². The summed E-state index contributed by atoms with van der Waals surface area (Å²) in [6.45, 7) is 0.0166. The number of alkyl halides is 3. The summed E-state index contributed by atoms with van der Waals surface area (Å²) >= 11 is 0. The number of nitrogens with one attached hydrogen (secondary N) is 1. The molecule has 2 N–H and O–H groups in total. The maximum absolute atomic E-state index is 13.6. The number of halogens is 3. The lowest BCUT2D eigenvalue weighted by atomic mass is 9.81. The highest BCUT2D eigenvalue weighted by atomic mass is 19.4. The average molecular weight is 511 g/mol. The van der Waals surface area contributed by atoms with E-state index in [0.29, 0.717) is 28.8 Å². The van der Waals surface area contributed by atoms with Crippen LogP contribution < -0.4 is 14.8 Å². The second-order valence-electron chi connectivity index (χ2n) is 7.87. The molecule has 1 aliphatic rings. The summed E-state index contributed by atoms with van der Waals surface area (Å²) in [5.41, 5.74) is 0.0815. The first-order valence-corrected chi connectivity index (χ1v) is 11.0. The second kappa shape index (κ2) is 10.5. The fourth-order valence-electron chi connectivity index (χ4n) is 4.23. The second-order valence-corrected chi connectivity index (χ2v) is 7.87. The molecule has 4 aromatic rings. The lowest BCUT2D eigenvalue weighted by Crippen LogP contribution is -2.50. The summed E-state index contributed by atoms with van der Waals surface area (Å²) in [6, 6.07) is 18.0. The fraction of sp³-hybridized carbons (Fsp3) is 0.154.